The Morgan fingerprint density at radius 3 is 2.46 bits per heavy atom. The summed E-state index contributed by atoms with van der Waals surface area (Å²) >= 11 is 0. The Morgan fingerprint density at radius 2 is 1.86 bits per heavy atom. The van der Waals surface area contributed by atoms with Crippen LogP contribution in [0.4, 0.5) is 0 Å². The topological polar surface area (TPSA) is 52.6 Å². The van der Waals surface area contributed by atoms with Crippen molar-refractivity contribution in [3.8, 4) is 0 Å². The molecule has 1 aliphatic carbocycles. The van der Waals surface area contributed by atoms with Crippen molar-refractivity contribution in [1.82, 2.24) is 10.2 Å². The molecule has 1 aromatic rings. The zero-order valence-corrected chi connectivity index (χ0v) is 18.1. The number of aliphatic hydroxyl groups is 1. The fraction of sp³-hybridized carbons (Fsp3) is 0.708. The molecule has 28 heavy (non-hydrogen) atoms. The largest absolute Gasteiger partial charge is 0.388 e. The van der Waals surface area contributed by atoms with E-state index in [2.05, 4.69) is 55.3 Å². The Hall–Kier alpha value is -1.39. The van der Waals surface area contributed by atoms with Crippen molar-refractivity contribution in [2.75, 3.05) is 13.1 Å². The molecule has 2 aliphatic rings. The molecule has 0 aromatic heterocycles. The first kappa shape index (κ1) is 21.3. The van der Waals surface area contributed by atoms with Crippen LogP contribution in [-0.4, -0.2) is 40.6 Å². The summed E-state index contributed by atoms with van der Waals surface area (Å²) in [7, 11) is 0. The molecule has 1 aliphatic heterocycles. The maximum absolute atomic E-state index is 13.0. The lowest BCUT2D eigenvalue weighted by Crippen LogP contribution is -2.63. The third kappa shape index (κ3) is 5.15. The molecule has 4 heteroatoms. The zero-order chi connectivity index (χ0) is 20.4. The van der Waals surface area contributed by atoms with Crippen molar-refractivity contribution in [1.29, 1.82) is 0 Å². The van der Waals surface area contributed by atoms with E-state index in [1.165, 1.54) is 5.56 Å². The first-order valence-corrected chi connectivity index (χ1v) is 11.0. The van der Waals surface area contributed by atoms with Crippen molar-refractivity contribution in [2.24, 2.45) is 11.3 Å². The highest BCUT2D eigenvalue weighted by Crippen LogP contribution is 2.38. The SMILES string of the molecule is CC(C)(C)CCN1CCC(C)(O)C(NC(=O)C2CCCC2)C1c1ccccc1. The molecule has 0 bridgehead atoms. The van der Waals surface area contributed by atoms with Crippen molar-refractivity contribution < 1.29 is 9.90 Å². The molecule has 2 fully saturated rings. The summed E-state index contributed by atoms with van der Waals surface area (Å²) in [5.41, 5.74) is 0.518. The van der Waals surface area contributed by atoms with Gasteiger partial charge in [-0.3, -0.25) is 9.69 Å². The van der Waals surface area contributed by atoms with Crippen molar-refractivity contribution in [3.05, 3.63) is 35.9 Å². The van der Waals surface area contributed by atoms with Crippen LogP contribution in [0, 0.1) is 11.3 Å². The van der Waals surface area contributed by atoms with Crippen LogP contribution in [0.2, 0.25) is 0 Å². The molecular weight excluding hydrogens is 348 g/mol. The number of rotatable bonds is 5. The zero-order valence-electron chi connectivity index (χ0n) is 18.1. The van der Waals surface area contributed by atoms with Gasteiger partial charge >= 0.3 is 0 Å². The van der Waals surface area contributed by atoms with E-state index in [0.29, 0.717) is 6.42 Å². The number of benzene rings is 1. The van der Waals surface area contributed by atoms with E-state index in [0.717, 1.165) is 45.2 Å². The lowest BCUT2D eigenvalue weighted by molar-refractivity contribution is -0.132. The summed E-state index contributed by atoms with van der Waals surface area (Å²) in [4.78, 5) is 15.4. The van der Waals surface area contributed by atoms with Gasteiger partial charge < -0.3 is 10.4 Å². The standard InChI is InChI=1S/C24H38N2O2/c1-23(2,3)14-16-26-17-15-24(4,28)21(20(26)18-10-6-5-7-11-18)25-22(27)19-12-8-9-13-19/h5-7,10-11,19-21,28H,8-9,12-17H2,1-4H3,(H,25,27). The third-order valence-electron chi connectivity index (χ3n) is 6.60. The van der Waals surface area contributed by atoms with E-state index in [1.807, 2.05) is 13.0 Å². The van der Waals surface area contributed by atoms with Crippen LogP contribution in [0.25, 0.3) is 0 Å². The minimum absolute atomic E-state index is 0.00217. The first-order chi connectivity index (χ1) is 13.2. The van der Waals surface area contributed by atoms with Crippen molar-refractivity contribution in [3.63, 3.8) is 0 Å². The Morgan fingerprint density at radius 1 is 1.21 bits per heavy atom. The summed E-state index contributed by atoms with van der Waals surface area (Å²) in [6, 6.07) is 10.1. The van der Waals surface area contributed by atoms with E-state index in [1.54, 1.807) is 0 Å². The number of hydrogen-bond donors (Lipinski definition) is 2. The van der Waals surface area contributed by atoms with Gasteiger partial charge in [0.25, 0.3) is 0 Å². The number of likely N-dealkylation sites (tertiary alicyclic amines) is 1. The smallest absolute Gasteiger partial charge is 0.223 e. The molecule has 1 saturated heterocycles. The summed E-state index contributed by atoms with van der Waals surface area (Å²) in [6.45, 7) is 10.5. The van der Waals surface area contributed by atoms with Gasteiger partial charge in [0.2, 0.25) is 5.91 Å². The van der Waals surface area contributed by atoms with E-state index in [-0.39, 0.29) is 29.3 Å². The van der Waals surface area contributed by atoms with E-state index >= 15 is 0 Å². The maximum Gasteiger partial charge on any atom is 0.223 e. The van der Waals surface area contributed by atoms with Gasteiger partial charge in [0.15, 0.2) is 0 Å². The first-order valence-electron chi connectivity index (χ1n) is 11.0. The summed E-state index contributed by atoms with van der Waals surface area (Å²) in [6.07, 6.45) is 5.99. The molecule has 0 radical (unpaired) electrons. The van der Waals surface area contributed by atoms with E-state index < -0.39 is 5.60 Å². The highest BCUT2D eigenvalue weighted by molar-refractivity contribution is 5.79. The number of nitrogens with zero attached hydrogens (tertiary/aromatic N) is 1. The number of carbonyl (C=O) groups is 1. The quantitative estimate of drug-likeness (QED) is 0.793. The number of carbonyl (C=O) groups excluding carboxylic acids is 1. The lowest BCUT2D eigenvalue weighted by atomic mass is 9.78. The molecule has 3 unspecified atom stereocenters. The van der Waals surface area contributed by atoms with Gasteiger partial charge in [-0.2, -0.15) is 0 Å². The van der Waals surface area contributed by atoms with Gasteiger partial charge in [0.1, 0.15) is 0 Å². The molecule has 1 saturated carbocycles. The fourth-order valence-electron chi connectivity index (χ4n) is 4.69. The number of piperidine rings is 1. The summed E-state index contributed by atoms with van der Waals surface area (Å²) in [5.74, 6) is 0.235. The van der Waals surface area contributed by atoms with Crippen LogP contribution in [0.3, 0.4) is 0 Å². The van der Waals surface area contributed by atoms with Gasteiger partial charge in [0.05, 0.1) is 17.7 Å². The maximum atomic E-state index is 13.0. The van der Waals surface area contributed by atoms with Crippen LogP contribution < -0.4 is 5.32 Å². The van der Waals surface area contributed by atoms with Crippen LogP contribution >= 0.6 is 0 Å². The number of hydrogen-bond acceptors (Lipinski definition) is 3. The molecule has 0 spiro atoms. The van der Waals surface area contributed by atoms with E-state index in [9.17, 15) is 9.90 Å². The Labute approximate surface area is 170 Å². The Kier molecular flexibility index (Phi) is 6.51. The minimum Gasteiger partial charge on any atom is -0.388 e. The van der Waals surface area contributed by atoms with Gasteiger partial charge in [-0.15, -0.1) is 0 Å². The molecule has 156 valence electrons. The van der Waals surface area contributed by atoms with Crippen LogP contribution in [0.5, 0.6) is 0 Å². The summed E-state index contributed by atoms with van der Waals surface area (Å²) < 4.78 is 0. The molecule has 4 nitrogen and oxygen atoms in total. The molecule has 3 atom stereocenters. The van der Waals surface area contributed by atoms with Crippen molar-refractivity contribution >= 4 is 5.91 Å². The average molecular weight is 387 g/mol. The highest BCUT2D eigenvalue weighted by atomic mass is 16.3. The van der Waals surface area contributed by atoms with Gasteiger partial charge in [-0.05, 0) is 50.1 Å². The predicted octanol–water partition coefficient (Wildman–Crippen LogP) is 4.30. The second-order valence-electron chi connectivity index (χ2n) is 10.3. The lowest BCUT2D eigenvalue weighted by Gasteiger charge is -2.50. The van der Waals surface area contributed by atoms with Crippen molar-refractivity contribution in [2.45, 2.75) is 83.9 Å². The highest BCUT2D eigenvalue weighted by Gasteiger charge is 2.46. The average Bonchev–Trinajstić information content (AvgIpc) is 3.17. The molecular formula is C24H38N2O2. The number of amides is 1. The second kappa shape index (κ2) is 8.54. The normalized spacial score (nSPS) is 29.8. The Balaban J connectivity index is 1.87. The van der Waals surface area contributed by atoms with Gasteiger partial charge in [-0.25, -0.2) is 0 Å². The van der Waals surface area contributed by atoms with Crippen LogP contribution in [0.15, 0.2) is 30.3 Å². The number of nitrogens with one attached hydrogen (secondary N) is 1. The third-order valence-corrected chi connectivity index (χ3v) is 6.60. The second-order valence-corrected chi connectivity index (χ2v) is 10.3. The van der Waals surface area contributed by atoms with Gasteiger partial charge in [0, 0.05) is 12.5 Å². The monoisotopic (exact) mass is 386 g/mol. The van der Waals surface area contributed by atoms with Gasteiger partial charge in [-0.1, -0.05) is 63.9 Å². The molecule has 1 amide bonds. The van der Waals surface area contributed by atoms with E-state index in [4.69, 9.17) is 0 Å². The molecule has 2 N–H and O–H groups in total. The van der Waals surface area contributed by atoms with Crippen LogP contribution in [0.1, 0.15) is 77.8 Å². The summed E-state index contributed by atoms with van der Waals surface area (Å²) in [5, 5.41) is 14.6. The molecule has 1 aromatic carbocycles. The predicted molar refractivity (Wildman–Crippen MR) is 114 cm³/mol. The Bertz CT molecular complexity index is 644. The minimum atomic E-state index is -0.910. The fourth-order valence-corrected chi connectivity index (χ4v) is 4.69. The molecule has 3 rings (SSSR count). The van der Waals surface area contributed by atoms with Crippen LogP contribution in [-0.2, 0) is 4.79 Å². The molecule has 1 heterocycles.